The number of ketones is 1. The summed E-state index contributed by atoms with van der Waals surface area (Å²) in [5.41, 5.74) is -1.89. The second-order valence-corrected chi connectivity index (χ2v) is 7.13. The number of para-hydroxylation sites is 1. The third-order valence-corrected chi connectivity index (χ3v) is 5.37. The lowest BCUT2D eigenvalue weighted by atomic mass is 9.85. The van der Waals surface area contributed by atoms with E-state index in [1.54, 1.807) is 24.3 Å². The molecule has 0 aliphatic heterocycles. The smallest absolute Gasteiger partial charge is 0.376 e. The Bertz CT molecular complexity index is 1210. The van der Waals surface area contributed by atoms with Gasteiger partial charge in [0.15, 0.2) is 11.4 Å². The van der Waals surface area contributed by atoms with Crippen molar-refractivity contribution in [2.75, 3.05) is 0 Å². The molecule has 0 saturated heterocycles. The molecule has 148 valence electrons. The minimum atomic E-state index is -5.02. The van der Waals surface area contributed by atoms with E-state index in [0.29, 0.717) is 5.39 Å². The van der Waals surface area contributed by atoms with Crippen molar-refractivity contribution < 1.29 is 23.1 Å². The number of hydrogen-bond donors (Lipinski definition) is 1. The minimum absolute atomic E-state index is 0.126. The summed E-state index contributed by atoms with van der Waals surface area (Å²) in [6.07, 6.45) is -6.10. The van der Waals surface area contributed by atoms with Gasteiger partial charge in [0.25, 0.3) is 0 Å². The predicted molar refractivity (Wildman–Crippen MR) is 106 cm³/mol. The summed E-state index contributed by atoms with van der Waals surface area (Å²) in [5.74, 6) is -0.775. The average Bonchev–Trinajstić information content (AvgIpc) is 3.00. The Morgan fingerprint density at radius 2 is 1.52 bits per heavy atom. The van der Waals surface area contributed by atoms with Crippen LogP contribution in [-0.2, 0) is 12.6 Å². The topological polar surface area (TPSA) is 42.2 Å². The first kappa shape index (κ1) is 19.2. The molecule has 6 heteroatoms. The SMILES string of the molecule is Cn1c2ccccc2c2cc([C@@](O)(CC(=O)c3ccccc3)C(F)(F)F)ccc21. The van der Waals surface area contributed by atoms with Gasteiger partial charge in [0.1, 0.15) is 0 Å². The number of alkyl halides is 3. The Morgan fingerprint density at radius 3 is 2.21 bits per heavy atom. The van der Waals surface area contributed by atoms with E-state index < -0.39 is 24.0 Å². The molecule has 1 aromatic heterocycles. The monoisotopic (exact) mass is 397 g/mol. The van der Waals surface area contributed by atoms with Gasteiger partial charge in [-0.05, 0) is 23.8 Å². The standard InChI is InChI=1S/C23H18F3NO2/c1-27-19-10-6-5-9-17(19)18-13-16(11-12-20(18)27)22(29,23(24,25)26)14-21(28)15-7-3-2-4-8-15/h2-13,29H,14H2,1H3/t22-/m0/s1. The molecule has 4 rings (SSSR count). The van der Waals surface area contributed by atoms with Gasteiger partial charge in [0.05, 0.1) is 6.42 Å². The summed E-state index contributed by atoms with van der Waals surface area (Å²) in [6, 6.07) is 19.2. The zero-order valence-electron chi connectivity index (χ0n) is 15.6. The molecule has 0 aliphatic rings. The van der Waals surface area contributed by atoms with Crippen LogP contribution in [0.25, 0.3) is 21.8 Å². The first-order chi connectivity index (χ1) is 13.7. The minimum Gasteiger partial charge on any atom is -0.376 e. The van der Waals surface area contributed by atoms with Crippen molar-refractivity contribution in [1.29, 1.82) is 0 Å². The molecule has 0 aliphatic carbocycles. The second-order valence-electron chi connectivity index (χ2n) is 7.13. The van der Waals surface area contributed by atoms with Gasteiger partial charge in [0.2, 0.25) is 0 Å². The maximum Gasteiger partial charge on any atom is 0.421 e. The van der Waals surface area contributed by atoms with Gasteiger partial charge in [-0.15, -0.1) is 0 Å². The lowest BCUT2D eigenvalue weighted by Crippen LogP contribution is -2.44. The summed E-state index contributed by atoms with van der Waals surface area (Å²) in [7, 11) is 1.83. The van der Waals surface area contributed by atoms with Crippen LogP contribution in [0.4, 0.5) is 13.2 Å². The number of halogens is 3. The highest BCUT2D eigenvalue weighted by atomic mass is 19.4. The van der Waals surface area contributed by atoms with Crippen LogP contribution >= 0.6 is 0 Å². The molecule has 1 N–H and O–H groups in total. The van der Waals surface area contributed by atoms with Gasteiger partial charge >= 0.3 is 6.18 Å². The Kier molecular flexibility index (Phi) is 4.46. The number of benzene rings is 3. The van der Waals surface area contributed by atoms with Crippen LogP contribution in [0.2, 0.25) is 0 Å². The third-order valence-electron chi connectivity index (χ3n) is 5.37. The number of carbonyl (C=O) groups is 1. The Morgan fingerprint density at radius 1 is 0.897 bits per heavy atom. The van der Waals surface area contributed by atoms with E-state index in [1.165, 1.54) is 24.3 Å². The van der Waals surface area contributed by atoms with Crippen LogP contribution in [0.15, 0.2) is 72.8 Å². The third kappa shape index (κ3) is 3.09. The number of nitrogens with zero attached hydrogens (tertiary/aromatic N) is 1. The number of rotatable bonds is 4. The van der Waals surface area contributed by atoms with E-state index >= 15 is 0 Å². The zero-order chi connectivity index (χ0) is 20.8. The molecule has 0 radical (unpaired) electrons. The van der Waals surface area contributed by atoms with Crippen molar-refractivity contribution in [3.05, 3.63) is 83.9 Å². The summed E-state index contributed by atoms with van der Waals surface area (Å²) in [4.78, 5) is 12.5. The molecule has 3 nitrogen and oxygen atoms in total. The number of carbonyl (C=O) groups excluding carboxylic acids is 1. The van der Waals surface area contributed by atoms with E-state index in [0.717, 1.165) is 16.4 Å². The first-order valence-corrected chi connectivity index (χ1v) is 9.07. The van der Waals surface area contributed by atoms with Crippen LogP contribution in [-0.4, -0.2) is 21.6 Å². The number of fused-ring (bicyclic) bond motifs is 3. The van der Waals surface area contributed by atoms with Gasteiger partial charge in [0, 0.05) is 34.4 Å². The number of hydrogen-bond acceptors (Lipinski definition) is 2. The van der Waals surface area contributed by atoms with E-state index in [2.05, 4.69) is 0 Å². The molecule has 1 heterocycles. The average molecular weight is 397 g/mol. The number of aryl methyl sites for hydroxylation is 1. The van der Waals surface area contributed by atoms with Crippen molar-refractivity contribution in [1.82, 2.24) is 4.57 Å². The van der Waals surface area contributed by atoms with Crippen molar-refractivity contribution in [2.24, 2.45) is 7.05 Å². The number of Topliss-reactive ketones (excluding diaryl/α,β-unsaturated/α-hetero) is 1. The normalized spacial score (nSPS) is 14.2. The van der Waals surface area contributed by atoms with Gasteiger partial charge in [-0.25, -0.2) is 0 Å². The van der Waals surface area contributed by atoms with E-state index in [4.69, 9.17) is 0 Å². The van der Waals surface area contributed by atoms with Gasteiger partial charge in [-0.2, -0.15) is 13.2 Å². The zero-order valence-corrected chi connectivity index (χ0v) is 15.6. The van der Waals surface area contributed by atoms with Crippen molar-refractivity contribution in [3.63, 3.8) is 0 Å². The largest absolute Gasteiger partial charge is 0.421 e. The van der Waals surface area contributed by atoms with Gasteiger partial charge < -0.3 is 9.67 Å². The van der Waals surface area contributed by atoms with Gasteiger partial charge in [-0.3, -0.25) is 4.79 Å². The van der Waals surface area contributed by atoms with Crippen molar-refractivity contribution in [3.8, 4) is 0 Å². The molecule has 4 aromatic rings. The molecular formula is C23H18F3NO2. The lowest BCUT2D eigenvalue weighted by molar-refractivity contribution is -0.264. The fourth-order valence-electron chi connectivity index (χ4n) is 3.75. The molecule has 3 aromatic carbocycles. The highest BCUT2D eigenvalue weighted by molar-refractivity contribution is 6.08. The molecule has 0 amide bonds. The first-order valence-electron chi connectivity index (χ1n) is 9.07. The predicted octanol–water partition coefficient (Wildman–Crippen LogP) is 5.35. The molecule has 0 spiro atoms. The van der Waals surface area contributed by atoms with Crippen molar-refractivity contribution in [2.45, 2.75) is 18.2 Å². The molecule has 0 unspecified atom stereocenters. The quantitative estimate of drug-likeness (QED) is 0.472. The van der Waals surface area contributed by atoms with Crippen LogP contribution in [0.1, 0.15) is 22.3 Å². The van der Waals surface area contributed by atoms with Gasteiger partial charge in [-0.1, -0.05) is 54.6 Å². The van der Waals surface area contributed by atoms with E-state index in [1.807, 2.05) is 35.9 Å². The maximum atomic E-state index is 14.0. The van der Waals surface area contributed by atoms with Crippen molar-refractivity contribution >= 4 is 27.6 Å². The molecule has 29 heavy (non-hydrogen) atoms. The van der Waals surface area contributed by atoms with Crippen LogP contribution in [0, 0.1) is 0 Å². The number of aromatic nitrogens is 1. The maximum absolute atomic E-state index is 14.0. The van der Waals surface area contributed by atoms with E-state index in [9.17, 15) is 23.1 Å². The fraction of sp³-hybridized carbons (Fsp3) is 0.174. The van der Waals surface area contributed by atoms with Crippen LogP contribution < -0.4 is 0 Å². The highest BCUT2D eigenvalue weighted by Crippen LogP contribution is 2.44. The highest BCUT2D eigenvalue weighted by Gasteiger charge is 2.56. The Hall–Kier alpha value is -3.12. The Balaban J connectivity index is 1.86. The lowest BCUT2D eigenvalue weighted by Gasteiger charge is -2.30. The number of aliphatic hydroxyl groups is 1. The van der Waals surface area contributed by atoms with E-state index in [-0.39, 0.29) is 11.1 Å². The Labute approximate surface area is 165 Å². The molecule has 0 fully saturated rings. The summed E-state index contributed by atoms with van der Waals surface area (Å²) in [5, 5.41) is 12.1. The second kappa shape index (κ2) is 6.74. The fourth-order valence-corrected chi connectivity index (χ4v) is 3.75. The summed E-state index contributed by atoms with van der Waals surface area (Å²) >= 11 is 0. The summed E-state index contributed by atoms with van der Waals surface area (Å²) < 4.78 is 43.8. The molecule has 1 atom stereocenters. The molecule has 0 bridgehead atoms. The summed E-state index contributed by atoms with van der Waals surface area (Å²) in [6.45, 7) is 0. The van der Waals surface area contributed by atoms with Crippen LogP contribution in [0.5, 0.6) is 0 Å². The molecular weight excluding hydrogens is 379 g/mol. The molecule has 0 saturated carbocycles. The van der Waals surface area contributed by atoms with Crippen LogP contribution in [0.3, 0.4) is 0 Å².